The molecule has 1 aromatic carbocycles. The molecular weight excluding hydrogens is 274 g/mol. The Bertz CT molecular complexity index is 561. The van der Waals surface area contributed by atoms with Gasteiger partial charge in [0.15, 0.2) is 0 Å². The van der Waals surface area contributed by atoms with E-state index in [0.29, 0.717) is 18.3 Å². The first-order valence-electron chi connectivity index (χ1n) is 6.43. The van der Waals surface area contributed by atoms with Gasteiger partial charge in [0.1, 0.15) is 12.3 Å². The summed E-state index contributed by atoms with van der Waals surface area (Å²) in [5.74, 6) is -0.393. The van der Waals surface area contributed by atoms with Crippen LogP contribution in [0.5, 0.6) is 0 Å². The minimum atomic E-state index is -0.903. The molecule has 1 fully saturated rings. The molecule has 2 rings (SSSR count). The molecule has 7 nitrogen and oxygen atoms in total. The maximum Gasteiger partial charge on any atom is 0.345 e. The minimum absolute atomic E-state index is 0.175. The van der Waals surface area contributed by atoms with Gasteiger partial charge in [-0.1, -0.05) is 30.3 Å². The molecule has 0 saturated carbocycles. The van der Waals surface area contributed by atoms with Gasteiger partial charge >= 0.3 is 6.03 Å². The van der Waals surface area contributed by atoms with E-state index in [2.05, 4.69) is 0 Å². The smallest absolute Gasteiger partial charge is 0.301 e. The van der Waals surface area contributed by atoms with Gasteiger partial charge in [0, 0.05) is 6.92 Å². The number of carbonyl (C=O) groups is 4. The number of rotatable bonds is 5. The number of amides is 4. The maximum absolute atomic E-state index is 12.1. The van der Waals surface area contributed by atoms with Gasteiger partial charge in [-0.2, -0.15) is 0 Å². The second-order valence-corrected chi connectivity index (χ2v) is 4.55. The highest BCUT2D eigenvalue weighted by Crippen LogP contribution is 2.22. The van der Waals surface area contributed by atoms with E-state index in [1.54, 1.807) is 30.3 Å². The molecule has 7 heteroatoms. The summed E-state index contributed by atoms with van der Waals surface area (Å²) in [6, 6.07) is 7.15. The molecule has 0 aromatic heterocycles. The number of aldehydes is 1. The third-order valence-corrected chi connectivity index (χ3v) is 3.31. The average molecular weight is 289 g/mol. The first-order valence-corrected chi connectivity index (χ1v) is 6.43. The molecule has 4 amide bonds. The minimum Gasteiger partial charge on any atom is -0.301 e. The Balaban J connectivity index is 2.27. The van der Waals surface area contributed by atoms with Crippen molar-refractivity contribution in [3.8, 4) is 0 Å². The van der Waals surface area contributed by atoms with Gasteiger partial charge < -0.3 is 4.79 Å². The molecule has 1 aliphatic rings. The van der Waals surface area contributed by atoms with E-state index in [9.17, 15) is 19.2 Å². The first-order chi connectivity index (χ1) is 10.1. The monoisotopic (exact) mass is 289 g/mol. The number of benzene rings is 1. The van der Waals surface area contributed by atoms with Crippen LogP contribution in [0.4, 0.5) is 4.79 Å². The molecule has 1 aliphatic heterocycles. The highest BCUT2D eigenvalue weighted by atomic mass is 16.2. The van der Waals surface area contributed by atoms with Crippen molar-refractivity contribution in [3.05, 3.63) is 35.9 Å². The summed E-state index contributed by atoms with van der Waals surface area (Å²) in [6.07, 6.45) is 1.01. The van der Waals surface area contributed by atoms with Crippen LogP contribution in [-0.4, -0.2) is 52.6 Å². The Hall–Kier alpha value is -2.70. The van der Waals surface area contributed by atoms with E-state index < -0.39 is 18.0 Å². The molecule has 0 spiro atoms. The summed E-state index contributed by atoms with van der Waals surface area (Å²) >= 11 is 0. The molecule has 0 radical (unpaired) electrons. The fraction of sp³-hybridized carbons (Fsp3) is 0.286. The lowest BCUT2D eigenvalue weighted by atomic mass is 10.1. The topological polar surface area (TPSA) is 78.0 Å². The normalized spacial score (nSPS) is 15.8. The number of hydrogen-bond acceptors (Lipinski definition) is 4. The SMILES string of the molecule is CC(=O)N1CCN(N(C=O)C(C=O)c2ccccc2)C1=O. The average Bonchev–Trinajstić information content (AvgIpc) is 2.87. The summed E-state index contributed by atoms with van der Waals surface area (Å²) < 4.78 is 0. The van der Waals surface area contributed by atoms with Gasteiger partial charge in [0.05, 0.1) is 13.1 Å². The molecule has 0 bridgehead atoms. The van der Waals surface area contributed by atoms with Crippen molar-refractivity contribution in [2.24, 2.45) is 0 Å². The zero-order valence-electron chi connectivity index (χ0n) is 11.5. The van der Waals surface area contributed by atoms with Crippen molar-refractivity contribution in [1.82, 2.24) is 14.9 Å². The van der Waals surface area contributed by atoms with Crippen LogP contribution < -0.4 is 0 Å². The van der Waals surface area contributed by atoms with Gasteiger partial charge in [-0.3, -0.25) is 14.5 Å². The lowest BCUT2D eigenvalue weighted by Gasteiger charge is -2.31. The number of hydrogen-bond donors (Lipinski definition) is 0. The van der Waals surface area contributed by atoms with Crippen molar-refractivity contribution < 1.29 is 19.2 Å². The molecule has 0 aliphatic carbocycles. The Morgan fingerprint density at radius 1 is 1.24 bits per heavy atom. The summed E-state index contributed by atoms with van der Waals surface area (Å²) in [5.41, 5.74) is 0.591. The lowest BCUT2D eigenvalue weighted by Crippen LogP contribution is -2.47. The van der Waals surface area contributed by atoms with Crippen molar-refractivity contribution in [2.75, 3.05) is 13.1 Å². The molecule has 1 heterocycles. The Morgan fingerprint density at radius 2 is 1.90 bits per heavy atom. The fourth-order valence-corrected chi connectivity index (χ4v) is 2.25. The highest BCUT2D eigenvalue weighted by Gasteiger charge is 2.37. The number of carbonyl (C=O) groups excluding carboxylic acids is 4. The summed E-state index contributed by atoms with van der Waals surface area (Å²) in [6.45, 7) is 1.65. The molecule has 110 valence electrons. The van der Waals surface area contributed by atoms with E-state index in [4.69, 9.17) is 0 Å². The van der Waals surface area contributed by atoms with E-state index >= 15 is 0 Å². The summed E-state index contributed by atoms with van der Waals surface area (Å²) in [5, 5.41) is 2.13. The van der Waals surface area contributed by atoms with Gasteiger partial charge in [0.25, 0.3) is 0 Å². The van der Waals surface area contributed by atoms with Crippen LogP contribution >= 0.6 is 0 Å². The predicted molar refractivity (Wildman–Crippen MR) is 72.6 cm³/mol. The molecule has 1 saturated heterocycles. The van der Waals surface area contributed by atoms with Crippen LogP contribution in [0, 0.1) is 0 Å². The van der Waals surface area contributed by atoms with Gasteiger partial charge in [-0.15, -0.1) is 0 Å². The van der Waals surface area contributed by atoms with Crippen LogP contribution in [0.25, 0.3) is 0 Å². The Kier molecular flexibility index (Phi) is 4.32. The van der Waals surface area contributed by atoms with Gasteiger partial charge in [-0.05, 0) is 5.56 Å². The molecule has 1 aromatic rings. The molecule has 21 heavy (non-hydrogen) atoms. The largest absolute Gasteiger partial charge is 0.345 e. The van der Waals surface area contributed by atoms with Crippen molar-refractivity contribution in [3.63, 3.8) is 0 Å². The number of urea groups is 1. The number of nitrogens with zero attached hydrogens (tertiary/aromatic N) is 3. The van der Waals surface area contributed by atoms with Crippen molar-refractivity contribution in [1.29, 1.82) is 0 Å². The van der Waals surface area contributed by atoms with E-state index in [-0.39, 0.29) is 13.1 Å². The summed E-state index contributed by atoms with van der Waals surface area (Å²) in [4.78, 5) is 47.2. The molecule has 0 N–H and O–H groups in total. The summed E-state index contributed by atoms with van der Waals surface area (Å²) in [7, 11) is 0. The quantitative estimate of drug-likeness (QED) is 0.743. The van der Waals surface area contributed by atoms with Crippen molar-refractivity contribution in [2.45, 2.75) is 13.0 Å². The van der Waals surface area contributed by atoms with Crippen LogP contribution in [0.3, 0.4) is 0 Å². The fourth-order valence-electron chi connectivity index (χ4n) is 2.25. The third-order valence-electron chi connectivity index (χ3n) is 3.31. The molecular formula is C14H15N3O4. The molecule has 1 unspecified atom stereocenters. The second kappa shape index (κ2) is 6.17. The Morgan fingerprint density at radius 3 is 2.38 bits per heavy atom. The van der Waals surface area contributed by atoms with E-state index in [1.165, 1.54) is 6.92 Å². The van der Waals surface area contributed by atoms with Crippen LogP contribution in [0.2, 0.25) is 0 Å². The van der Waals surface area contributed by atoms with Gasteiger partial charge in [-0.25, -0.2) is 14.8 Å². The number of hydrazine groups is 1. The van der Waals surface area contributed by atoms with Crippen LogP contribution in [0.1, 0.15) is 18.5 Å². The molecule has 1 atom stereocenters. The van der Waals surface area contributed by atoms with Gasteiger partial charge in [0.2, 0.25) is 12.3 Å². The first kappa shape index (κ1) is 14.7. The lowest BCUT2D eigenvalue weighted by molar-refractivity contribution is -0.139. The number of imide groups is 1. The second-order valence-electron chi connectivity index (χ2n) is 4.55. The zero-order valence-corrected chi connectivity index (χ0v) is 11.5. The third kappa shape index (κ3) is 2.76. The Labute approximate surface area is 121 Å². The van der Waals surface area contributed by atoms with Crippen LogP contribution in [-0.2, 0) is 14.4 Å². The highest BCUT2D eigenvalue weighted by molar-refractivity contribution is 5.95. The van der Waals surface area contributed by atoms with Crippen LogP contribution in [0.15, 0.2) is 30.3 Å². The van der Waals surface area contributed by atoms with Crippen molar-refractivity contribution >= 4 is 24.6 Å². The predicted octanol–water partition coefficient (Wildman–Crippen LogP) is 0.584. The zero-order chi connectivity index (χ0) is 15.4. The van der Waals surface area contributed by atoms with E-state index in [0.717, 1.165) is 14.9 Å². The maximum atomic E-state index is 12.1. The van der Waals surface area contributed by atoms with E-state index in [1.807, 2.05) is 0 Å². The standard InChI is InChI=1S/C14H15N3O4/c1-11(20)15-7-8-16(14(15)21)17(10-19)13(9-18)12-5-3-2-4-6-12/h2-6,9-10,13H,7-8H2,1H3.